The van der Waals surface area contributed by atoms with E-state index in [-0.39, 0.29) is 11.9 Å². The highest BCUT2D eigenvalue weighted by atomic mass is 16.2. The van der Waals surface area contributed by atoms with Gasteiger partial charge in [-0.25, -0.2) is 0 Å². The van der Waals surface area contributed by atoms with Gasteiger partial charge >= 0.3 is 0 Å². The lowest BCUT2D eigenvalue weighted by Crippen LogP contribution is -2.46. The van der Waals surface area contributed by atoms with Gasteiger partial charge in [0.2, 0.25) is 5.91 Å². The molecule has 92 valence electrons. The molecule has 0 aromatic carbocycles. The van der Waals surface area contributed by atoms with Gasteiger partial charge in [-0.15, -0.1) is 0 Å². The Balaban J connectivity index is 1.67. The number of hydrogen-bond acceptors (Lipinski definition) is 3. The van der Waals surface area contributed by atoms with E-state index < -0.39 is 0 Å². The van der Waals surface area contributed by atoms with Crippen LogP contribution in [0.2, 0.25) is 0 Å². The van der Waals surface area contributed by atoms with Crippen LogP contribution < -0.4 is 10.6 Å². The average Bonchev–Trinajstić information content (AvgIpc) is 2.99. The molecule has 0 aromatic rings. The molecule has 4 heteroatoms. The molecule has 1 unspecified atom stereocenters. The molecule has 0 radical (unpaired) electrons. The van der Waals surface area contributed by atoms with Crippen molar-refractivity contribution in [2.45, 2.75) is 50.7 Å². The van der Waals surface area contributed by atoms with E-state index in [0.717, 1.165) is 32.0 Å². The third kappa shape index (κ3) is 2.95. The van der Waals surface area contributed by atoms with E-state index in [0.29, 0.717) is 6.04 Å². The number of amides is 1. The molecule has 1 aliphatic heterocycles. The average molecular weight is 225 g/mol. The zero-order valence-corrected chi connectivity index (χ0v) is 10.3. The van der Waals surface area contributed by atoms with E-state index in [2.05, 4.69) is 29.5 Å². The van der Waals surface area contributed by atoms with Gasteiger partial charge in [-0.1, -0.05) is 0 Å². The van der Waals surface area contributed by atoms with Gasteiger partial charge in [0.25, 0.3) is 0 Å². The molecular weight excluding hydrogens is 202 g/mol. The topological polar surface area (TPSA) is 44.4 Å². The summed E-state index contributed by atoms with van der Waals surface area (Å²) in [4.78, 5) is 14.1. The van der Waals surface area contributed by atoms with E-state index in [1.807, 2.05) is 0 Å². The van der Waals surface area contributed by atoms with Crippen molar-refractivity contribution in [1.82, 2.24) is 15.5 Å². The maximum Gasteiger partial charge on any atom is 0.237 e. The Morgan fingerprint density at radius 1 is 1.50 bits per heavy atom. The standard InChI is InChI=1S/C12H23N3O/c1-9(15(2)10-5-6-10)8-14-12(16)11-4-3-7-13-11/h9-11,13H,3-8H2,1-2H3,(H,14,16)/t9?,11-/m0/s1. The molecule has 0 aromatic heterocycles. The lowest BCUT2D eigenvalue weighted by Gasteiger charge is -2.25. The molecule has 2 atom stereocenters. The summed E-state index contributed by atoms with van der Waals surface area (Å²) in [6, 6.07) is 1.26. The third-order valence-corrected chi connectivity index (χ3v) is 3.77. The van der Waals surface area contributed by atoms with Gasteiger partial charge in [0.15, 0.2) is 0 Å². The molecule has 1 saturated heterocycles. The molecule has 1 saturated carbocycles. The van der Waals surface area contributed by atoms with Gasteiger partial charge in [-0.3, -0.25) is 9.69 Å². The van der Waals surface area contributed by atoms with E-state index >= 15 is 0 Å². The summed E-state index contributed by atoms with van der Waals surface area (Å²) >= 11 is 0. The number of nitrogens with one attached hydrogen (secondary N) is 2. The normalized spacial score (nSPS) is 27.1. The molecule has 4 nitrogen and oxygen atoms in total. The predicted octanol–water partition coefficient (Wildman–Crippen LogP) is 0.337. The van der Waals surface area contributed by atoms with Gasteiger partial charge in [-0.2, -0.15) is 0 Å². The van der Waals surface area contributed by atoms with Crippen molar-refractivity contribution in [2.75, 3.05) is 20.1 Å². The summed E-state index contributed by atoms with van der Waals surface area (Å²) in [5, 5.41) is 6.26. The number of rotatable bonds is 5. The molecule has 2 aliphatic rings. The first-order valence-electron chi connectivity index (χ1n) is 6.41. The summed E-state index contributed by atoms with van der Waals surface area (Å²) in [5.74, 6) is 0.175. The van der Waals surface area contributed by atoms with Gasteiger partial charge in [0.1, 0.15) is 0 Å². The van der Waals surface area contributed by atoms with Crippen molar-refractivity contribution < 1.29 is 4.79 Å². The molecule has 1 aliphatic carbocycles. The second-order valence-corrected chi connectivity index (χ2v) is 5.14. The highest BCUT2D eigenvalue weighted by molar-refractivity contribution is 5.82. The maximum absolute atomic E-state index is 11.8. The van der Waals surface area contributed by atoms with E-state index in [1.165, 1.54) is 12.8 Å². The summed E-state index contributed by atoms with van der Waals surface area (Å²) < 4.78 is 0. The van der Waals surface area contributed by atoms with Crippen molar-refractivity contribution in [2.24, 2.45) is 0 Å². The lowest BCUT2D eigenvalue weighted by molar-refractivity contribution is -0.123. The minimum atomic E-state index is 0.0541. The Hall–Kier alpha value is -0.610. The molecule has 2 N–H and O–H groups in total. The zero-order valence-electron chi connectivity index (χ0n) is 10.3. The van der Waals surface area contributed by atoms with Gasteiger partial charge < -0.3 is 10.6 Å². The van der Waals surface area contributed by atoms with E-state index in [9.17, 15) is 4.79 Å². The number of nitrogens with zero attached hydrogens (tertiary/aromatic N) is 1. The van der Waals surface area contributed by atoms with Crippen LogP contribution in [0.3, 0.4) is 0 Å². The lowest BCUT2D eigenvalue weighted by atomic mass is 10.2. The van der Waals surface area contributed by atoms with Crippen LogP contribution in [0.5, 0.6) is 0 Å². The quantitative estimate of drug-likeness (QED) is 0.709. The maximum atomic E-state index is 11.8. The summed E-state index contributed by atoms with van der Waals surface area (Å²) in [5.41, 5.74) is 0. The smallest absolute Gasteiger partial charge is 0.237 e. The molecule has 0 bridgehead atoms. The number of carbonyl (C=O) groups is 1. The van der Waals surface area contributed by atoms with Crippen molar-refractivity contribution in [3.63, 3.8) is 0 Å². The van der Waals surface area contributed by atoms with Gasteiger partial charge in [-0.05, 0) is 46.2 Å². The van der Waals surface area contributed by atoms with Gasteiger partial charge in [0, 0.05) is 18.6 Å². The molecule has 0 spiro atoms. The molecule has 16 heavy (non-hydrogen) atoms. The van der Waals surface area contributed by atoms with Crippen LogP contribution in [0.4, 0.5) is 0 Å². The Morgan fingerprint density at radius 3 is 2.81 bits per heavy atom. The minimum Gasteiger partial charge on any atom is -0.353 e. The zero-order chi connectivity index (χ0) is 11.5. The first-order valence-corrected chi connectivity index (χ1v) is 6.41. The molecule has 1 heterocycles. The van der Waals surface area contributed by atoms with E-state index in [4.69, 9.17) is 0 Å². The first-order chi connectivity index (χ1) is 7.68. The number of likely N-dealkylation sites (N-methyl/N-ethyl adjacent to an activating group) is 1. The van der Waals surface area contributed by atoms with Crippen LogP contribution in [-0.2, 0) is 4.79 Å². The summed E-state index contributed by atoms with van der Waals surface area (Å²) in [6.07, 6.45) is 4.74. The first kappa shape index (κ1) is 11.9. The fourth-order valence-corrected chi connectivity index (χ4v) is 2.27. The molecule has 1 amide bonds. The second kappa shape index (κ2) is 5.15. The van der Waals surface area contributed by atoms with Crippen molar-refractivity contribution >= 4 is 5.91 Å². The fraction of sp³-hybridized carbons (Fsp3) is 0.917. The van der Waals surface area contributed by atoms with Crippen molar-refractivity contribution in [1.29, 1.82) is 0 Å². The Morgan fingerprint density at radius 2 is 2.25 bits per heavy atom. The largest absolute Gasteiger partial charge is 0.353 e. The number of carbonyl (C=O) groups excluding carboxylic acids is 1. The van der Waals surface area contributed by atoms with Crippen molar-refractivity contribution in [3.8, 4) is 0 Å². The SMILES string of the molecule is CC(CNC(=O)[C@@H]1CCCN1)N(C)C1CC1. The molecular formula is C12H23N3O. The van der Waals surface area contributed by atoms with Crippen LogP contribution in [-0.4, -0.2) is 49.1 Å². The Kier molecular flexibility index (Phi) is 3.82. The second-order valence-electron chi connectivity index (χ2n) is 5.14. The Labute approximate surface area is 97.8 Å². The predicted molar refractivity (Wildman–Crippen MR) is 64.3 cm³/mol. The van der Waals surface area contributed by atoms with Crippen LogP contribution in [0.25, 0.3) is 0 Å². The summed E-state index contributed by atoms with van der Waals surface area (Å²) in [6.45, 7) is 3.93. The molecule has 2 fully saturated rings. The van der Waals surface area contributed by atoms with Crippen LogP contribution >= 0.6 is 0 Å². The number of hydrogen-bond donors (Lipinski definition) is 2. The summed E-state index contributed by atoms with van der Waals surface area (Å²) in [7, 11) is 2.16. The van der Waals surface area contributed by atoms with E-state index in [1.54, 1.807) is 0 Å². The highest BCUT2D eigenvalue weighted by Gasteiger charge is 2.29. The van der Waals surface area contributed by atoms with Crippen LogP contribution in [0, 0.1) is 0 Å². The van der Waals surface area contributed by atoms with Crippen LogP contribution in [0.15, 0.2) is 0 Å². The highest BCUT2D eigenvalue weighted by Crippen LogP contribution is 2.26. The Bertz CT molecular complexity index is 247. The van der Waals surface area contributed by atoms with Crippen LogP contribution in [0.1, 0.15) is 32.6 Å². The van der Waals surface area contributed by atoms with Crippen molar-refractivity contribution in [3.05, 3.63) is 0 Å². The monoisotopic (exact) mass is 225 g/mol. The minimum absolute atomic E-state index is 0.0541. The fourth-order valence-electron chi connectivity index (χ4n) is 2.27. The van der Waals surface area contributed by atoms with Gasteiger partial charge in [0.05, 0.1) is 6.04 Å². The third-order valence-electron chi connectivity index (χ3n) is 3.77. The molecule has 2 rings (SSSR count).